The fourth-order valence-corrected chi connectivity index (χ4v) is 3.93. The first kappa shape index (κ1) is 20.4. The molecule has 10 heteroatoms. The van der Waals surface area contributed by atoms with Gasteiger partial charge in [-0.1, -0.05) is 0 Å². The third-order valence-electron chi connectivity index (χ3n) is 5.41. The van der Waals surface area contributed by atoms with E-state index in [1.54, 1.807) is 23.6 Å². The largest absolute Gasteiger partial charge is 0.473 e. The number of hydrogen-bond acceptors (Lipinski definition) is 7. The molecule has 1 fully saturated rings. The van der Waals surface area contributed by atoms with Crippen LogP contribution in [0, 0.1) is 18.6 Å². The topological polar surface area (TPSA) is 78.7 Å². The Labute approximate surface area is 182 Å². The van der Waals surface area contributed by atoms with Crippen LogP contribution in [0.25, 0.3) is 0 Å². The number of pyridine rings is 1. The predicted octanol–water partition coefficient (Wildman–Crippen LogP) is 2.82. The van der Waals surface area contributed by atoms with Gasteiger partial charge in [-0.3, -0.25) is 9.55 Å². The van der Waals surface area contributed by atoms with Gasteiger partial charge in [-0.15, -0.1) is 0 Å². The molecule has 5 rings (SSSR count). The number of aryl methyl sites for hydroxylation is 1. The zero-order valence-electron chi connectivity index (χ0n) is 17.3. The number of anilines is 1. The van der Waals surface area contributed by atoms with E-state index >= 15 is 0 Å². The fraction of sp³-hybridized carbons (Fsp3) is 0.318. The van der Waals surface area contributed by atoms with Crippen LogP contribution in [0.4, 0.5) is 14.6 Å². The number of hydrogen-bond donors (Lipinski definition) is 0. The molecule has 166 valence electrons. The molecule has 2 aliphatic heterocycles. The summed E-state index contributed by atoms with van der Waals surface area (Å²) in [5, 5.41) is 0. The molecule has 0 saturated carbocycles. The number of morpholine rings is 1. The Morgan fingerprint density at radius 1 is 1.22 bits per heavy atom. The molecule has 4 heterocycles. The van der Waals surface area contributed by atoms with Crippen molar-refractivity contribution in [3.05, 3.63) is 69.9 Å². The predicted molar refractivity (Wildman–Crippen MR) is 110 cm³/mol. The molecule has 1 aromatic carbocycles. The van der Waals surface area contributed by atoms with Crippen LogP contribution < -0.4 is 20.1 Å². The van der Waals surface area contributed by atoms with Gasteiger partial charge in [0.2, 0.25) is 5.88 Å². The van der Waals surface area contributed by atoms with Gasteiger partial charge in [-0.05, 0) is 30.7 Å². The maximum absolute atomic E-state index is 14.5. The molecule has 1 atom stereocenters. The van der Waals surface area contributed by atoms with Crippen LogP contribution in [0.2, 0.25) is 0 Å². The van der Waals surface area contributed by atoms with Crippen molar-refractivity contribution in [1.82, 2.24) is 14.5 Å². The summed E-state index contributed by atoms with van der Waals surface area (Å²) in [6.45, 7) is 3.89. The molecule has 0 aliphatic carbocycles. The van der Waals surface area contributed by atoms with Crippen molar-refractivity contribution in [2.45, 2.75) is 26.1 Å². The van der Waals surface area contributed by atoms with Gasteiger partial charge < -0.3 is 19.1 Å². The Bertz CT molecular complexity index is 1210. The highest BCUT2D eigenvalue weighted by Crippen LogP contribution is 2.30. The van der Waals surface area contributed by atoms with Crippen molar-refractivity contribution in [3.63, 3.8) is 0 Å². The standard InChI is InChI=1S/C22H20F2N4O4/c1-13-6-16(2-3-25-13)32-21-17(23)7-14(8-18(21)24)11-31-19-9-20-27-4-5-30-12-15(27)10-28(20)22(29)26-19/h2-3,6-9,15H,4-5,10-12H2,1H3. The molecule has 8 nitrogen and oxygen atoms in total. The van der Waals surface area contributed by atoms with Crippen LogP contribution in [0.5, 0.6) is 17.4 Å². The molecular formula is C22H20F2N4O4. The molecule has 1 unspecified atom stereocenters. The monoisotopic (exact) mass is 442 g/mol. The summed E-state index contributed by atoms with van der Waals surface area (Å²) in [4.78, 5) is 22.5. The summed E-state index contributed by atoms with van der Waals surface area (Å²) in [7, 11) is 0. The Balaban J connectivity index is 1.32. The molecule has 2 aliphatic rings. The molecule has 0 spiro atoms. The third kappa shape index (κ3) is 3.89. The quantitative estimate of drug-likeness (QED) is 0.601. The van der Waals surface area contributed by atoms with E-state index in [0.717, 1.165) is 12.1 Å². The van der Waals surface area contributed by atoms with Crippen molar-refractivity contribution in [3.8, 4) is 17.4 Å². The fourth-order valence-electron chi connectivity index (χ4n) is 3.93. The van der Waals surface area contributed by atoms with Crippen LogP contribution in [-0.4, -0.2) is 40.3 Å². The summed E-state index contributed by atoms with van der Waals surface area (Å²) in [5.74, 6) is -1.15. The lowest BCUT2D eigenvalue weighted by Gasteiger charge is -2.30. The minimum Gasteiger partial charge on any atom is -0.473 e. The van der Waals surface area contributed by atoms with Gasteiger partial charge in [0.25, 0.3) is 0 Å². The molecule has 3 aromatic rings. The van der Waals surface area contributed by atoms with Gasteiger partial charge in [-0.2, -0.15) is 4.98 Å². The number of benzene rings is 1. The lowest BCUT2D eigenvalue weighted by Crippen LogP contribution is -2.43. The van der Waals surface area contributed by atoms with E-state index in [4.69, 9.17) is 14.2 Å². The molecular weight excluding hydrogens is 422 g/mol. The lowest BCUT2D eigenvalue weighted by atomic mass is 10.2. The minimum absolute atomic E-state index is 0.0911. The summed E-state index contributed by atoms with van der Waals surface area (Å²) < 4.78 is 47.1. The summed E-state index contributed by atoms with van der Waals surface area (Å²) in [6.07, 6.45) is 1.49. The second-order valence-corrected chi connectivity index (χ2v) is 7.68. The van der Waals surface area contributed by atoms with Crippen molar-refractivity contribution >= 4 is 5.82 Å². The van der Waals surface area contributed by atoms with Gasteiger partial charge in [0, 0.05) is 30.6 Å². The van der Waals surface area contributed by atoms with Crippen molar-refractivity contribution in [1.29, 1.82) is 0 Å². The first-order valence-corrected chi connectivity index (χ1v) is 10.2. The number of halogens is 2. The Hall–Kier alpha value is -3.53. The maximum Gasteiger partial charge on any atom is 0.352 e. The van der Waals surface area contributed by atoms with Crippen LogP contribution in [-0.2, 0) is 17.9 Å². The SMILES string of the molecule is Cc1cc(Oc2c(F)cc(COc3cc4n(c(=O)n3)CC3COCCN43)cc2F)ccn1. The normalized spacial score (nSPS) is 17.1. The van der Waals surface area contributed by atoms with Crippen LogP contribution in [0.1, 0.15) is 11.3 Å². The molecule has 32 heavy (non-hydrogen) atoms. The second-order valence-electron chi connectivity index (χ2n) is 7.68. The smallest absolute Gasteiger partial charge is 0.352 e. The second kappa shape index (κ2) is 8.19. The zero-order chi connectivity index (χ0) is 22.2. The summed E-state index contributed by atoms with van der Waals surface area (Å²) >= 11 is 0. The van der Waals surface area contributed by atoms with Crippen LogP contribution in [0.15, 0.2) is 41.3 Å². The van der Waals surface area contributed by atoms with Gasteiger partial charge >= 0.3 is 5.69 Å². The van der Waals surface area contributed by atoms with E-state index in [1.165, 1.54) is 12.3 Å². The first-order valence-electron chi connectivity index (χ1n) is 10.2. The number of rotatable bonds is 5. The van der Waals surface area contributed by atoms with Gasteiger partial charge in [0.15, 0.2) is 17.4 Å². The third-order valence-corrected chi connectivity index (χ3v) is 5.41. The van der Waals surface area contributed by atoms with E-state index < -0.39 is 23.1 Å². The summed E-state index contributed by atoms with van der Waals surface area (Å²) in [6, 6.07) is 7.11. The van der Waals surface area contributed by atoms with E-state index in [-0.39, 0.29) is 29.8 Å². The maximum atomic E-state index is 14.5. The van der Waals surface area contributed by atoms with Gasteiger partial charge in [0.05, 0.1) is 25.8 Å². The number of fused-ring (bicyclic) bond motifs is 3. The van der Waals surface area contributed by atoms with Crippen molar-refractivity contribution < 1.29 is 23.0 Å². The van der Waals surface area contributed by atoms with E-state index in [2.05, 4.69) is 14.9 Å². The summed E-state index contributed by atoms with van der Waals surface area (Å²) in [5.41, 5.74) is 0.472. The van der Waals surface area contributed by atoms with E-state index in [9.17, 15) is 13.6 Å². The van der Waals surface area contributed by atoms with Crippen LogP contribution >= 0.6 is 0 Å². The zero-order valence-corrected chi connectivity index (χ0v) is 17.3. The number of nitrogens with zero attached hydrogens (tertiary/aromatic N) is 4. The van der Waals surface area contributed by atoms with Gasteiger partial charge in [0.1, 0.15) is 18.2 Å². The highest BCUT2D eigenvalue weighted by Gasteiger charge is 2.33. The molecule has 0 N–H and O–H groups in total. The van der Waals surface area contributed by atoms with Crippen LogP contribution in [0.3, 0.4) is 0 Å². The molecule has 0 amide bonds. The Morgan fingerprint density at radius 3 is 2.81 bits per heavy atom. The average molecular weight is 442 g/mol. The number of aromatic nitrogens is 3. The average Bonchev–Trinajstić information content (AvgIpc) is 3.14. The highest BCUT2D eigenvalue weighted by molar-refractivity contribution is 5.47. The molecule has 2 aromatic heterocycles. The molecule has 0 bridgehead atoms. The lowest BCUT2D eigenvalue weighted by molar-refractivity contribution is 0.0956. The van der Waals surface area contributed by atoms with Crippen molar-refractivity contribution in [2.24, 2.45) is 0 Å². The molecule has 0 radical (unpaired) electrons. The number of ether oxygens (including phenoxy) is 3. The van der Waals surface area contributed by atoms with Crippen molar-refractivity contribution in [2.75, 3.05) is 24.7 Å². The Kier molecular flexibility index (Phi) is 5.22. The van der Waals surface area contributed by atoms with E-state index in [0.29, 0.717) is 37.8 Å². The first-order chi connectivity index (χ1) is 15.5. The minimum atomic E-state index is -0.865. The Morgan fingerprint density at radius 2 is 2.03 bits per heavy atom. The van der Waals surface area contributed by atoms with E-state index in [1.807, 2.05) is 0 Å². The highest BCUT2D eigenvalue weighted by atomic mass is 19.1. The van der Waals surface area contributed by atoms with Gasteiger partial charge in [-0.25, -0.2) is 13.6 Å². The molecule has 1 saturated heterocycles.